The molecule has 0 amide bonds. The zero-order valence-corrected chi connectivity index (χ0v) is 15.4. The predicted octanol–water partition coefficient (Wildman–Crippen LogP) is 6.13. The third-order valence-corrected chi connectivity index (χ3v) is 4.48. The van der Waals surface area contributed by atoms with Crippen LogP contribution in [0, 0.1) is 25.9 Å². The third kappa shape index (κ3) is 3.30. The van der Waals surface area contributed by atoms with E-state index < -0.39 is 0 Å². The molecular weight excluding hydrogens is 312 g/mol. The highest BCUT2D eigenvalue weighted by molar-refractivity contribution is 6.07. The van der Waals surface area contributed by atoms with E-state index in [0.717, 1.165) is 57.6 Å². The Kier molecular flexibility index (Phi) is 5.19. The lowest BCUT2D eigenvalue weighted by Crippen LogP contribution is -1.98. The van der Waals surface area contributed by atoms with Gasteiger partial charge < -0.3 is 13.9 Å². The van der Waals surface area contributed by atoms with E-state index in [4.69, 9.17) is 13.9 Å². The van der Waals surface area contributed by atoms with Gasteiger partial charge >= 0.3 is 0 Å². The van der Waals surface area contributed by atoms with E-state index in [1.807, 2.05) is 25.1 Å². The van der Waals surface area contributed by atoms with Gasteiger partial charge in [-0.05, 0) is 44.5 Å². The maximum Gasteiger partial charge on any atom is 0.146 e. The average Bonchev–Trinajstić information content (AvgIpc) is 3.00. The van der Waals surface area contributed by atoms with Crippen LogP contribution in [0.4, 0.5) is 0 Å². The lowest BCUT2D eigenvalue weighted by Gasteiger charge is -2.08. The largest absolute Gasteiger partial charge is 0.493 e. The standard InChI is InChI=1S/C22H24O3/c1-5-7-8-14-24-20-12-10-18-17-9-11-19(23-13-6-2)15(3)21(17)25-22(18)16(20)4/h9-12H,5,7-8,14H2,1-4H3. The minimum Gasteiger partial charge on any atom is -0.493 e. The normalized spacial score (nSPS) is 10.7. The van der Waals surface area contributed by atoms with Crippen LogP contribution in [-0.2, 0) is 0 Å². The summed E-state index contributed by atoms with van der Waals surface area (Å²) in [5.41, 5.74) is 3.73. The summed E-state index contributed by atoms with van der Waals surface area (Å²) >= 11 is 0. The fourth-order valence-corrected chi connectivity index (χ4v) is 3.04. The maximum absolute atomic E-state index is 6.19. The topological polar surface area (TPSA) is 31.6 Å². The minimum atomic E-state index is 0.731. The highest BCUT2D eigenvalue weighted by Gasteiger charge is 2.16. The van der Waals surface area contributed by atoms with Crippen molar-refractivity contribution >= 4 is 21.9 Å². The van der Waals surface area contributed by atoms with Gasteiger partial charge in [-0.15, -0.1) is 0 Å². The number of furan rings is 1. The molecule has 0 aliphatic heterocycles. The quantitative estimate of drug-likeness (QED) is 0.401. The van der Waals surface area contributed by atoms with Crippen molar-refractivity contribution in [1.29, 1.82) is 0 Å². The van der Waals surface area contributed by atoms with Gasteiger partial charge in [-0.1, -0.05) is 25.7 Å². The molecule has 0 unspecified atom stereocenters. The van der Waals surface area contributed by atoms with Crippen molar-refractivity contribution in [2.45, 2.75) is 47.0 Å². The highest BCUT2D eigenvalue weighted by Crippen LogP contribution is 2.38. The first-order valence-electron chi connectivity index (χ1n) is 8.84. The van der Waals surface area contributed by atoms with Crippen LogP contribution in [0.5, 0.6) is 11.5 Å². The van der Waals surface area contributed by atoms with E-state index in [2.05, 4.69) is 31.9 Å². The van der Waals surface area contributed by atoms with Gasteiger partial charge in [0, 0.05) is 28.8 Å². The van der Waals surface area contributed by atoms with Crippen LogP contribution in [0.1, 0.15) is 44.2 Å². The molecule has 0 saturated heterocycles. The van der Waals surface area contributed by atoms with Gasteiger partial charge in [0.1, 0.15) is 28.8 Å². The van der Waals surface area contributed by atoms with Crippen LogP contribution < -0.4 is 9.47 Å². The van der Waals surface area contributed by atoms with Crippen LogP contribution in [0.2, 0.25) is 0 Å². The van der Waals surface area contributed by atoms with Gasteiger partial charge in [0.25, 0.3) is 0 Å². The molecule has 3 heteroatoms. The molecule has 0 bridgehead atoms. The highest BCUT2D eigenvalue weighted by atomic mass is 16.5. The van der Waals surface area contributed by atoms with Crippen molar-refractivity contribution in [3.05, 3.63) is 35.4 Å². The predicted molar refractivity (Wildman–Crippen MR) is 102 cm³/mol. The SMILES string of the molecule is CC#COc1ccc2c(oc3c(C)c(OCCCCC)ccc32)c1C. The van der Waals surface area contributed by atoms with Crippen molar-refractivity contribution in [2.24, 2.45) is 0 Å². The maximum atomic E-state index is 6.19. The van der Waals surface area contributed by atoms with E-state index in [0.29, 0.717) is 0 Å². The van der Waals surface area contributed by atoms with Gasteiger partial charge in [-0.2, -0.15) is 0 Å². The summed E-state index contributed by atoms with van der Waals surface area (Å²) in [7, 11) is 0. The van der Waals surface area contributed by atoms with Gasteiger partial charge in [0.05, 0.1) is 6.61 Å². The smallest absolute Gasteiger partial charge is 0.146 e. The first kappa shape index (κ1) is 17.2. The molecule has 0 atom stereocenters. The molecule has 0 aliphatic rings. The summed E-state index contributed by atoms with van der Waals surface area (Å²) in [5.74, 6) is 4.37. The molecule has 0 radical (unpaired) electrons. The Morgan fingerprint density at radius 1 is 0.920 bits per heavy atom. The molecule has 3 rings (SSSR count). The lowest BCUT2D eigenvalue weighted by atomic mass is 10.1. The second-order valence-corrected chi connectivity index (χ2v) is 6.24. The van der Waals surface area contributed by atoms with E-state index in [-0.39, 0.29) is 0 Å². The number of rotatable bonds is 6. The van der Waals surface area contributed by atoms with Crippen LogP contribution >= 0.6 is 0 Å². The first-order chi connectivity index (χ1) is 12.2. The van der Waals surface area contributed by atoms with Gasteiger partial charge in [0.15, 0.2) is 0 Å². The Bertz CT molecular complexity index is 954. The minimum absolute atomic E-state index is 0.731. The second-order valence-electron chi connectivity index (χ2n) is 6.24. The molecule has 0 saturated carbocycles. The second kappa shape index (κ2) is 7.53. The Balaban J connectivity index is 2.01. The summed E-state index contributed by atoms with van der Waals surface area (Å²) in [6.07, 6.45) is 6.10. The summed E-state index contributed by atoms with van der Waals surface area (Å²) in [6.45, 7) is 8.73. The fourth-order valence-electron chi connectivity index (χ4n) is 3.04. The lowest BCUT2D eigenvalue weighted by molar-refractivity contribution is 0.304. The molecule has 3 aromatic rings. The number of aryl methyl sites for hydroxylation is 2. The summed E-state index contributed by atoms with van der Waals surface area (Å²) < 4.78 is 17.6. The van der Waals surface area contributed by atoms with E-state index in [1.54, 1.807) is 6.92 Å². The number of unbranched alkanes of at least 4 members (excludes halogenated alkanes) is 2. The van der Waals surface area contributed by atoms with Crippen LogP contribution in [0.3, 0.4) is 0 Å². The number of fused-ring (bicyclic) bond motifs is 3. The Morgan fingerprint density at radius 3 is 2.20 bits per heavy atom. The monoisotopic (exact) mass is 336 g/mol. The molecule has 0 spiro atoms. The van der Waals surface area contributed by atoms with Crippen LogP contribution in [-0.4, -0.2) is 6.61 Å². The molecule has 3 nitrogen and oxygen atoms in total. The van der Waals surface area contributed by atoms with E-state index in [1.165, 1.54) is 12.8 Å². The molecule has 0 N–H and O–H groups in total. The van der Waals surface area contributed by atoms with E-state index in [9.17, 15) is 0 Å². The fraction of sp³-hybridized carbons (Fsp3) is 0.364. The molecule has 0 aliphatic carbocycles. The first-order valence-corrected chi connectivity index (χ1v) is 8.84. The van der Waals surface area contributed by atoms with Crippen molar-refractivity contribution in [3.63, 3.8) is 0 Å². The summed E-state index contributed by atoms with van der Waals surface area (Å²) in [5, 5.41) is 2.19. The molecule has 2 aromatic carbocycles. The third-order valence-electron chi connectivity index (χ3n) is 4.48. The Labute approximate surface area is 148 Å². The van der Waals surface area contributed by atoms with Gasteiger partial charge in [-0.3, -0.25) is 0 Å². The van der Waals surface area contributed by atoms with Crippen molar-refractivity contribution in [1.82, 2.24) is 0 Å². The average molecular weight is 336 g/mol. The molecule has 0 fully saturated rings. The molecule has 1 heterocycles. The molecule has 25 heavy (non-hydrogen) atoms. The van der Waals surface area contributed by atoms with Crippen LogP contribution in [0.25, 0.3) is 21.9 Å². The zero-order valence-electron chi connectivity index (χ0n) is 15.4. The number of hydrogen-bond acceptors (Lipinski definition) is 3. The number of benzene rings is 2. The molecule has 130 valence electrons. The molecule has 1 aromatic heterocycles. The molecular formula is C22H24O3. The van der Waals surface area contributed by atoms with Gasteiger partial charge in [0.2, 0.25) is 0 Å². The number of ether oxygens (including phenoxy) is 2. The Morgan fingerprint density at radius 2 is 1.56 bits per heavy atom. The van der Waals surface area contributed by atoms with Crippen LogP contribution in [0.15, 0.2) is 28.7 Å². The van der Waals surface area contributed by atoms with Crippen molar-refractivity contribution < 1.29 is 13.9 Å². The van der Waals surface area contributed by atoms with E-state index >= 15 is 0 Å². The van der Waals surface area contributed by atoms with Gasteiger partial charge in [-0.25, -0.2) is 0 Å². The zero-order chi connectivity index (χ0) is 17.8. The summed E-state index contributed by atoms with van der Waals surface area (Å²) in [6, 6.07) is 8.10. The number of hydrogen-bond donors (Lipinski definition) is 0. The van der Waals surface area contributed by atoms with Crippen molar-refractivity contribution in [2.75, 3.05) is 6.61 Å². The summed E-state index contributed by atoms with van der Waals surface area (Å²) in [4.78, 5) is 0. The Hall–Kier alpha value is -2.60. The van der Waals surface area contributed by atoms with Crippen molar-refractivity contribution in [3.8, 4) is 23.5 Å².